The monoisotopic (exact) mass is 310 g/mol. The van der Waals surface area contributed by atoms with Crippen LogP contribution in [-0.2, 0) is 0 Å². The zero-order valence-corrected chi connectivity index (χ0v) is 12.8. The Hall–Kier alpha value is -2.12. The third kappa shape index (κ3) is 6.11. The number of ether oxygens (including phenoxy) is 2. The van der Waals surface area contributed by atoms with Crippen molar-refractivity contribution in [3.05, 3.63) is 41.0 Å². The van der Waals surface area contributed by atoms with Gasteiger partial charge in [0.25, 0.3) is 5.69 Å². The molecule has 0 amide bonds. The number of aliphatic hydroxyl groups excluding tert-OH is 1. The zero-order valence-electron chi connectivity index (χ0n) is 12.8. The SMILES string of the molecule is C=CCOc1ccc([N+](=O)[O-])cc1OC[C@@H](O)CNC(C)C. The van der Waals surface area contributed by atoms with Crippen LogP contribution in [0.2, 0.25) is 0 Å². The van der Waals surface area contributed by atoms with Gasteiger partial charge in [0.2, 0.25) is 0 Å². The number of nitro groups is 1. The summed E-state index contributed by atoms with van der Waals surface area (Å²) in [6.45, 7) is 8.11. The first-order valence-corrected chi connectivity index (χ1v) is 7.00. The smallest absolute Gasteiger partial charge is 0.273 e. The van der Waals surface area contributed by atoms with E-state index in [0.29, 0.717) is 12.3 Å². The standard InChI is InChI=1S/C15H22N2O5/c1-4-7-21-14-6-5-12(17(19)20)8-15(14)22-10-13(18)9-16-11(2)3/h4-6,8,11,13,16,18H,1,7,9-10H2,2-3H3/t13-/m0/s1. The number of nitrogens with zero attached hydrogens (tertiary/aromatic N) is 1. The van der Waals surface area contributed by atoms with Gasteiger partial charge in [-0.1, -0.05) is 26.5 Å². The van der Waals surface area contributed by atoms with Gasteiger partial charge in [-0.05, 0) is 6.07 Å². The Labute approximate surface area is 129 Å². The second-order valence-corrected chi connectivity index (χ2v) is 5.02. The zero-order chi connectivity index (χ0) is 16.5. The van der Waals surface area contributed by atoms with Gasteiger partial charge >= 0.3 is 0 Å². The number of non-ortho nitro benzene ring substituents is 1. The fourth-order valence-electron chi connectivity index (χ4n) is 1.61. The number of rotatable bonds is 10. The van der Waals surface area contributed by atoms with Crippen LogP contribution in [0.4, 0.5) is 5.69 Å². The average molecular weight is 310 g/mol. The molecule has 22 heavy (non-hydrogen) atoms. The summed E-state index contributed by atoms with van der Waals surface area (Å²) in [7, 11) is 0. The highest BCUT2D eigenvalue weighted by Gasteiger charge is 2.14. The van der Waals surface area contributed by atoms with E-state index in [1.165, 1.54) is 18.2 Å². The Bertz CT molecular complexity index is 505. The molecule has 0 fully saturated rings. The predicted molar refractivity (Wildman–Crippen MR) is 83.4 cm³/mol. The lowest BCUT2D eigenvalue weighted by Crippen LogP contribution is -2.35. The quantitative estimate of drug-likeness (QED) is 0.389. The maximum Gasteiger partial charge on any atom is 0.273 e. The van der Waals surface area contributed by atoms with Gasteiger partial charge in [-0.15, -0.1) is 0 Å². The second kappa shape index (κ2) is 9.01. The lowest BCUT2D eigenvalue weighted by molar-refractivity contribution is -0.385. The summed E-state index contributed by atoms with van der Waals surface area (Å²) in [5.41, 5.74) is -0.101. The van der Waals surface area contributed by atoms with E-state index in [4.69, 9.17) is 9.47 Å². The Kier molecular flexibility index (Phi) is 7.34. The molecule has 1 aromatic carbocycles. The molecule has 1 rings (SSSR count). The molecule has 0 aliphatic rings. The minimum Gasteiger partial charge on any atom is -0.487 e. The van der Waals surface area contributed by atoms with Crippen molar-refractivity contribution in [3.63, 3.8) is 0 Å². The van der Waals surface area contributed by atoms with Crippen molar-refractivity contribution in [1.82, 2.24) is 5.32 Å². The van der Waals surface area contributed by atoms with Crippen LogP contribution in [0.3, 0.4) is 0 Å². The van der Waals surface area contributed by atoms with Crippen molar-refractivity contribution in [2.45, 2.75) is 26.0 Å². The molecule has 0 spiro atoms. The van der Waals surface area contributed by atoms with Gasteiger partial charge < -0.3 is 19.9 Å². The van der Waals surface area contributed by atoms with Crippen molar-refractivity contribution in [2.24, 2.45) is 0 Å². The summed E-state index contributed by atoms with van der Waals surface area (Å²) in [6.07, 6.45) is 0.834. The summed E-state index contributed by atoms with van der Waals surface area (Å²) in [5, 5.41) is 23.7. The predicted octanol–water partition coefficient (Wildman–Crippen LogP) is 1.90. The molecule has 0 aliphatic heterocycles. The average Bonchev–Trinajstić information content (AvgIpc) is 2.48. The second-order valence-electron chi connectivity index (χ2n) is 5.02. The minimum atomic E-state index is -0.728. The molecule has 0 bridgehead atoms. The first kappa shape index (κ1) is 17.9. The summed E-state index contributed by atoms with van der Waals surface area (Å²) in [4.78, 5) is 10.3. The topological polar surface area (TPSA) is 93.9 Å². The van der Waals surface area contributed by atoms with Crippen molar-refractivity contribution in [1.29, 1.82) is 0 Å². The highest BCUT2D eigenvalue weighted by atomic mass is 16.6. The largest absolute Gasteiger partial charge is 0.487 e. The molecule has 0 aromatic heterocycles. The lowest BCUT2D eigenvalue weighted by atomic mass is 10.2. The van der Waals surface area contributed by atoms with Crippen molar-refractivity contribution in [3.8, 4) is 11.5 Å². The molecule has 1 atom stereocenters. The molecule has 0 radical (unpaired) electrons. The minimum absolute atomic E-state index is 0.00529. The van der Waals surface area contributed by atoms with Gasteiger partial charge in [0.05, 0.1) is 11.0 Å². The summed E-state index contributed by atoms with van der Waals surface area (Å²) < 4.78 is 10.9. The number of benzene rings is 1. The van der Waals surface area contributed by atoms with Crippen molar-refractivity contribution < 1.29 is 19.5 Å². The van der Waals surface area contributed by atoms with Crippen LogP contribution in [0.15, 0.2) is 30.9 Å². The number of hydrogen-bond acceptors (Lipinski definition) is 6. The summed E-state index contributed by atoms with van der Waals surface area (Å²) >= 11 is 0. The van der Waals surface area contributed by atoms with Gasteiger partial charge in [-0.25, -0.2) is 0 Å². The summed E-state index contributed by atoms with van der Waals surface area (Å²) in [6, 6.07) is 4.33. The van der Waals surface area contributed by atoms with Gasteiger partial charge in [0.15, 0.2) is 11.5 Å². The van der Waals surface area contributed by atoms with E-state index in [9.17, 15) is 15.2 Å². The molecule has 0 aliphatic carbocycles. The van der Waals surface area contributed by atoms with Gasteiger partial charge in [0, 0.05) is 18.7 Å². The fourth-order valence-corrected chi connectivity index (χ4v) is 1.61. The molecule has 7 nitrogen and oxygen atoms in total. The van der Waals surface area contributed by atoms with E-state index < -0.39 is 11.0 Å². The van der Waals surface area contributed by atoms with Gasteiger partial charge in [0.1, 0.15) is 19.3 Å². The first-order chi connectivity index (χ1) is 10.4. The number of aliphatic hydroxyl groups is 1. The van der Waals surface area contributed by atoms with Gasteiger partial charge in [-0.3, -0.25) is 10.1 Å². The van der Waals surface area contributed by atoms with Crippen LogP contribution in [0.25, 0.3) is 0 Å². The van der Waals surface area contributed by atoms with E-state index in [1.807, 2.05) is 13.8 Å². The maximum absolute atomic E-state index is 10.8. The van der Waals surface area contributed by atoms with Crippen LogP contribution in [0, 0.1) is 10.1 Å². The molecule has 1 aromatic rings. The molecule has 122 valence electrons. The van der Waals surface area contributed by atoms with E-state index >= 15 is 0 Å². The molecule has 0 heterocycles. The lowest BCUT2D eigenvalue weighted by Gasteiger charge is -2.16. The summed E-state index contributed by atoms with van der Waals surface area (Å²) in [5.74, 6) is 0.592. The van der Waals surface area contributed by atoms with Crippen LogP contribution >= 0.6 is 0 Å². The van der Waals surface area contributed by atoms with Crippen molar-refractivity contribution in [2.75, 3.05) is 19.8 Å². The molecule has 7 heteroatoms. The number of nitro benzene ring substituents is 1. The van der Waals surface area contributed by atoms with Crippen molar-refractivity contribution >= 4 is 5.69 Å². The normalized spacial score (nSPS) is 12.0. The maximum atomic E-state index is 10.8. The van der Waals surface area contributed by atoms with Crippen LogP contribution in [0.1, 0.15) is 13.8 Å². The highest BCUT2D eigenvalue weighted by Crippen LogP contribution is 2.31. The Morgan fingerprint density at radius 2 is 2.14 bits per heavy atom. The van der Waals surface area contributed by atoms with Crippen LogP contribution in [0.5, 0.6) is 11.5 Å². The number of nitrogens with one attached hydrogen (secondary N) is 1. The highest BCUT2D eigenvalue weighted by molar-refractivity contribution is 5.48. The molecular formula is C15H22N2O5. The van der Waals surface area contributed by atoms with Gasteiger partial charge in [-0.2, -0.15) is 0 Å². The van der Waals surface area contributed by atoms with E-state index in [0.717, 1.165) is 0 Å². The molecular weight excluding hydrogens is 288 g/mol. The molecule has 2 N–H and O–H groups in total. The Morgan fingerprint density at radius 1 is 1.41 bits per heavy atom. The molecule has 0 saturated heterocycles. The van der Waals surface area contributed by atoms with E-state index in [-0.39, 0.29) is 30.7 Å². The van der Waals surface area contributed by atoms with Crippen LogP contribution < -0.4 is 14.8 Å². The Balaban J connectivity index is 2.73. The van der Waals surface area contributed by atoms with E-state index in [1.54, 1.807) is 6.08 Å². The first-order valence-electron chi connectivity index (χ1n) is 7.00. The molecule has 0 saturated carbocycles. The van der Waals surface area contributed by atoms with Crippen LogP contribution in [-0.4, -0.2) is 41.9 Å². The fraction of sp³-hybridized carbons (Fsp3) is 0.467. The molecule has 0 unspecified atom stereocenters. The third-order valence-electron chi connectivity index (χ3n) is 2.69. The third-order valence-corrected chi connectivity index (χ3v) is 2.69. The number of hydrogen-bond donors (Lipinski definition) is 2. The Morgan fingerprint density at radius 3 is 2.73 bits per heavy atom. The van der Waals surface area contributed by atoms with E-state index in [2.05, 4.69) is 11.9 Å².